The first-order valence-corrected chi connectivity index (χ1v) is 8.74. The molecule has 2 N–H and O–H groups in total. The molecule has 6 nitrogen and oxygen atoms in total. The fraction of sp³-hybridized carbons (Fsp3) is 0.200. The number of aromatic nitrogens is 2. The average molecular weight is 385 g/mol. The molecule has 0 saturated heterocycles. The summed E-state index contributed by atoms with van der Waals surface area (Å²) in [6, 6.07) is 13.0. The Kier molecular flexibility index (Phi) is 5.66. The predicted molar refractivity (Wildman–Crippen MR) is 109 cm³/mol. The molecule has 3 rings (SSSR count). The van der Waals surface area contributed by atoms with E-state index in [0.717, 1.165) is 28.4 Å². The zero-order valence-corrected chi connectivity index (χ0v) is 16.4. The van der Waals surface area contributed by atoms with Gasteiger partial charge in [-0.3, -0.25) is 0 Å². The van der Waals surface area contributed by atoms with E-state index in [2.05, 4.69) is 20.6 Å². The lowest BCUT2D eigenvalue weighted by molar-refractivity contribution is 0.405. The second kappa shape index (κ2) is 8.14. The SMILES string of the molecule is COc1ccc(OC)c(Nc2cc(C)nc(Nc3ccc(Cl)cc3C)n2)c1. The van der Waals surface area contributed by atoms with Crippen LogP contribution in [0.15, 0.2) is 42.5 Å². The Morgan fingerprint density at radius 3 is 2.37 bits per heavy atom. The van der Waals surface area contributed by atoms with Crippen molar-refractivity contribution in [3.05, 3.63) is 58.7 Å². The number of rotatable bonds is 6. The topological polar surface area (TPSA) is 68.3 Å². The van der Waals surface area contributed by atoms with Crippen LogP contribution in [0.3, 0.4) is 0 Å². The Morgan fingerprint density at radius 1 is 0.852 bits per heavy atom. The lowest BCUT2D eigenvalue weighted by Gasteiger charge is -2.14. The van der Waals surface area contributed by atoms with E-state index in [-0.39, 0.29) is 0 Å². The van der Waals surface area contributed by atoms with Gasteiger partial charge in [0.2, 0.25) is 5.95 Å². The van der Waals surface area contributed by atoms with Gasteiger partial charge in [-0.2, -0.15) is 4.98 Å². The molecule has 0 radical (unpaired) electrons. The summed E-state index contributed by atoms with van der Waals surface area (Å²) >= 11 is 6.02. The molecule has 0 aliphatic carbocycles. The van der Waals surface area contributed by atoms with Crippen LogP contribution in [0.1, 0.15) is 11.3 Å². The second-order valence-electron chi connectivity index (χ2n) is 5.99. The van der Waals surface area contributed by atoms with E-state index < -0.39 is 0 Å². The lowest BCUT2D eigenvalue weighted by Crippen LogP contribution is -2.04. The van der Waals surface area contributed by atoms with Crippen molar-refractivity contribution in [3.63, 3.8) is 0 Å². The van der Waals surface area contributed by atoms with Gasteiger partial charge in [-0.15, -0.1) is 0 Å². The first-order valence-electron chi connectivity index (χ1n) is 8.36. The van der Waals surface area contributed by atoms with Crippen molar-refractivity contribution in [2.75, 3.05) is 24.9 Å². The number of ether oxygens (including phenoxy) is 2. The molecule has 7 heteroatoms. The summed E-state index contributed by atoms with van der Waals surface area (Å²) in [5.74, 6) is 2.54. The minimum atomic E-state index is 0.491. The van der Waals surface area contributed by atoms with Crippen LogP contribution in [0.4, 0.5) is 23.1 Å². The highest BCUT2D eigenvalue weighted by atomic mass is 35.5. The maximum Gasteiger partial charge on any atom is 0.229 e. The van der Waals surface area contributed by atoms with Crippen LogP contribution in [-0.2, 0) is 0 Å². The van der Waals surface area contributed by atoms with E-state index in [1.807, 2.05) is 56.3 Å². The molecule has 3 aromatic rings. The summed E-state index contributed by atoms with van der Waals surface area (Å²) < 4.78 is 10.7. The molecular weight excluding hydrogens is 364 g/mol. The molecule has 2 aromatic carbocycles. The van der Waals surface area contributed by atoms with Gasteiger partial charge in [0.1, 0.15) is 17.3 Å². The Bertz CT molecular complexity index is 963. The summed E-state index contributed by atoms with van der Waals surface area (Å²) in [5, 5.41) is 7.20. The number of benzene rings is 2. The van der Waals surface area contributed by atoms with Crippen LogP contribution in [0, 0.1) is 13.8 Å². The molecule has 0 spiro atoms. The van der Waals surface area contributed by atoms with Crippen molar-refractivity contribution in [2.45, 2.75) is 13.8 Å². The predicted octanol–water partition coefficient (Wildman–Crippen LogP) is 5.25. The number of aryl methyl sites for hydroxylation is 2. The minimum Gasteiger partial charge on any atom is -0.497 e. The largest absolute Gasteiger partial charge is 0.497 e. The number of nitrogens with one attached hydrogen (secondary N) is 2. The minimum absolute atomic E-state index is 0.491. The standard InChI is InChI=1S/C20H21ClN4O2/c1-12-9-14(21)5-7-16(12)24-20-22-13(2)10-19(25-20)23-17-11-15(26-3)6-8-18(17)27-4/h5-11H,1-4H3,(H2,22,23,24,25). The van der Waals surface area contributed by atoms with Gasteiger partial charge in [0.15, 0.2) is 0 Å². The maximum atomic E-state index is 6.02. The molecule has 0 aliphatic heterocycles. The van der Waals surface area contributed by atoms with Gasteiger partial charge in [-0.1, -0.05) is 11.6 Å². The van der Waals surface area contributed by atoms with Gasteiger partial charge in [0.05, 0.1) is 19.9 Å². The Labute approximate surface area is 163 Å². The summed E-state index contributed by atoms with van der Waals surface area (Å²) in [6.45, 7) is 3.89. The van der Waals surface area contributed by atoms with Gasteiger partial charge >= 0.3 is 0 Å². The zero-order chi connectivity index (χ0) is 19.4. The molecule has 0 aliphatic rings. The third-order valence-corrected chi connectivity index (χ3v) is 4.19. The third-order valence-electron chi connectivity index (χ3n) is 3.96. The van der Waals surface area contributed by atoms with Gasteiger partial charge in [0.25, 0.3) is 0 Å². The molecule has 1 aromatic heterocycles. The number of nitrogens with zero attached hydrogens (tertiary/aromatic N) is 2. The fourth-order valence-electron chi connectivity index (χ4n) is 2.63. The molecule has 140 valence electrons. The molecule has 0 bridgehead atoms. The van der Waals surface area contributed by atoms with Crippen molar-refractivity contribution in [1.82, 2.24) is 9.97 Å². The fourth-order valence-corrected chi connectivity index (χ4v) is 2.85. The van der Waals surface area contributed by atoms with E-state index in [1.165, 1.54) is 0 Å². The molecular formula is C20H21ClN4O2. The lowest BCUT2D eigenvalue weighted by atomic mass is 10.2. The van der Waals surface area contributed by atoms with E-state index in [9.17, 15) is 0 Å². The van der Waals surface area contributed by atoms with Gasteiger partial charge in [-0.25, -0.2) is 4.98 Å². The van der Waals surface area contributed by atoms with Gasteiger partial charge < -0.3 is 20.1 Å². The number of hydrogen-bond donors (Lipinski definition) is 2. The average Bonchev–Trinajstić information content (AvgIpc) is 2.63. The van der Waals surface area contributed by atoms with Crippen LogP contribution in [-0.4, -0.2) is 24.2 Å². The summed E-state index contributed by atoms with van der Waals surface area (Å²) in [5.41, 5.74) is 3.48. The summed E-state index contributed by atoms with van der Waals surface area (Å²) in [4.78, 5) is 9.02. The van der Waals surface area contributed by atoms with Gasteiger partial charge in [-0.05, 0) is 49.7 Å². The van der Waals surface area contributed by atoms with Crippen molar-refractivity contribution < 1.29 is 9.47 Å². The Hall–Kier alpha value is -2.99. The Morgan fingerprint density at radius 2 is 1.67 bits per heavy atom. The number of anilines is 4. The molecule has 0 saturated carbocycles. The monoisotopic (exact) mass is 384 g/mol. The van der Waals surface area contributed by atoms with E-state index in [0.29, 0.717) is 22.5 Å². The van der Waals surface area contributed by atoms with Crippen LogP contribution >= 0.6 is 11.6 Å². The normalized spacial score (nSPS) is 10.4. The van der Waals surface area contributed by atoms with E-state index >= 15 is 0 Å². The number of halogens is 1. The first kappa shape index (κ1) is 18.8. The first-order chi connectivity index (χ1) is 13.0. The zero-order valence-electron chi connectivity index (χ0n) is 15.6. The molecule has 0 atom stereocenters. The van der Waals surface area contributed by atoms with Crippen LogP contribution in [0.5, 0.6) is 11.5 Å². The van der Waals surface area contributed by atoms with Crippen molar-refractivity contribution >= 4 is 34.7 Å². The van der Waals surface area contributed by atoms with Crippen LogP contribution < -0.4 is 20.1 Å². The van der Waals surface area contributed by atoms with E-state index in [4.69, 9.17) is 21.1 Å². The van der Waals surface area contributed by atoms with Crippen LogP contribution in [0.25, 0.3) is 0 Å². The quantitative estimate of drug-likeness (QED) is 0.604. The highest BCUT2D eigenvalue weighted by molar-refractivity contribution is 6.30. The summed E-state index contributed by atoms with van der Waals surface area (Å²) in [7, 11) is 3.24. The van der Waals surface area contributed by atoms with Crippen molar-refractivity contribution in [3.8, 4) is 11.5 Å². The second-order valence-corrected chi connectivity index (χ2v) is 6.43. The number of methoxy groups -OCH3 is 2. The van der Waals surface area contributed by atoms with Crippen molar-refractivity contribution in [1.29, 1.82) is 0 Å². The van der Waals surface area contributed by atoms with E-state index in [1.54, 1.807) is 14.2 Å². The van der Waals surface area contributed by atoms with Crippen molar-refractivity contribution in [2.24, 2.45) is 0 Å². The third kappa shape index (κ3) is 4.60. The van der Waals surface area contributed by atoms with Gasteiger partial charge in [0, 0.05) is 28.5 Å². The van der Waals surface area contributed by atoms with Crippen LogP contribution in [0.2, 0.25) is 5.02 Å². The molecule has 27 heavy (non-hydrogen) atoms. The summed E-state index contributed by atoms with van der Waals surface area (Å²) in [6.07, 6.45) is 0. The number of hydrogen-bond acceptors (Lipinski definition) is 6. The Balaban J connectivity index is 1.90. The molecule has 0 unspecified atom stereocenters. The maximum absolute atomic E-state index is 6.02. The molecule has 0 amide bonds. The molecule has 0 fully saturated rings. The highest BCUT2D eigenvalue weighted by Crippen LogP contribution is 2.31. The smallest absolute Gasteiger partial charge is 0.229 e. The molecule has 1 heterocycles. The highest BCUT2D eigenvalue weighted by Gasteiger charge is 2.09.